The summed E-state index contributed by atoms with van der Waals surface area (Å²) in [6.07, 6.45) is 0. The first-order valence-electron chi connectivity index (χ1n) is 8.26. The molecule has 0 unspecified atom stereocenters. The van der Waals surface area contributed by atoms with Crippen molar-refractivity contribution < 1.29 is 14.3 Å². The van der Waals surface area contributed by atoms with Crippen LogP contribution >= 0.6 is 11.6 Å². The van der Waals surface area contributed by atoms with Gasteiger partial charge in [0.15, 0.2) is 0 Å². The number of carbonyl (C=O) groups is 2. The number of halogens is 1. The Kier molecular flexibility index (Phi) is 5.57. The minimum absolute atomic E-state index is 0.278. The number of esters is 1. The van der Waals surface area contributed by atoms with Crippen molar-refractivity contribution in [3.63, 3.8) is 0 Å². The molecule has 0 atom stereocenters. The summed E-state index contributed by atoms with van der Waals surface area (Å²) in [5, 5.41) is 7.43. The number of nitrogens with one attached hydrogen (secondary N) is 1. The van der Waals surface area contributed by atoms with Crippen LogP contribution in [-0.4, -0.2) is 28.8 Å². The van der Waals surface area contributed by atoms with Crippen LogP contribution in [-0.2, 0) is 11.3 Å². The van der Waals surface area contributed by atoms with Gasteiger partial charge in [-0.25, -0.2) is 9.48 Å². The van der Waals surface area contributed by atoms with Crippen molar-refractivity contribution in [1.82, 2.24) is 9.78 Å². The predicted octanol–water partition coefficient (Wildman–Crippen LogP) is 3.93. The summed E-state index contributed by atoms with van der Waals surface area (Å²) < 4.78 is 6.25. The summed E-state index contributed by atoms with van der Waals surface area (Å²) in [7, 11) is 1.32. The standard InChI is InChI=1S/C20H18ClN3O3/c1-13-17(18(21)24(23-13)12-14-6-4-3-5-7-14)19(25)22-16-10-8-15(9-11-16)20(26)27-2/h3-11H,12H2,1-2H3,(H,22,25). The van der Waals surface area contributed by atoms with Gasteiger partial charge in [-0.2, -0.15) is 5.10 Å². The molecule has 1 amide bonds. The van der Waals surface area contributed by atoms with E-state index >= 15 is 0 Å². The number of hydrogen-bond acceptors (Lipinski definition) is 4. The second-order valence-electron chi connectivity index (χ2n) is 5.92. The molecule has 3 aromatic rings. The quantitative estimate of drug-likeness (QED) is 0.677. The summed E-state index contributed by atoms with van der Waals surface area (Å²) in [6, 6.07) is 16.2. The molecule has 0 spiro atoms. The number of aromatic nitrogens is 2. The Morgan fingerprint density at radius 2 is 1.78 bits per heavy atom. The predicted molar refractivity (Wildman–Crippen MR) is 103 cm³/mol. The van der Waals surface area contributed by atoms with Gasteiger partial charge in [0.1, 0.15) is 5.15 Å². The number of hydrogen-bond donors (Lipinski definition) is 1. The number of rotatable bonds is 5. The van der Waals surface area contributed by atoms with Crippen LogP contribution in [0.25, 0.3) is 0 Å². The van der Waals surface area contributed by atoms with E-state index in [0.29, 0.717) is 29.1 Å². The molecule has 6 nitrogen and oxygen atoms in total. The van der Waals surface area contributed by atoms with Crippen LogP contribution in [0.15, 0.2) is 54.6 Å². The van der Waals surface area contributed by atoms with Crippen LogP contribution in [0.5, 0.6) is 0 Å². The molecule has 2 aromatic carbocycles. The van der Waals surface area contributed by atoms with Gasteiger partial charge in [-0.05, 0) is 36.8 Å². The number of benzene rings is 2. The summed E-state index contributed by atoms with van der Waals surface area (Å²) in [6.45, 7) is 2.21. The highest BCUT2D eigenvalue weighted by Gasteiger charge is 2.20. The maximum atomic E-state index is 12.7. The van der Waals surface area contributed by atoms with Crippen molar-refractivity contribution in [2.24, 2.45) is 0 Å². The van der Waals surface area contributed by atoms with E-state index in [1.54, 1.807) is 35.9 Å². The first-order valence-corrected chi connectivity index (χ1v) is 8.64. The lowest BCUT2D eigenvalue weighted by Crippen LogP contribution is -2.13. The van der Waals surface area contributed by atoms with Crippen LogP contribution in [0, 0.1) is 6.92 Å². The summed E-state index contributed by atoms with van der Waals surface area (Å²) >= 11 is 6.40. The van der Waals surface area contributed by atoms with E-state index in [2.05, 4.69) is 15.2 Å². The molecule has 3 rings (SSSR count). The second-order valence-corrected chi connectivity index (χ2v) is 6.28. The van der Waals surface area contributed by atoms with E-state index in [0.717, 1.165) is 5.56 Å². The van der Waals surface area contributed by atoms with Crippen molar-refractivity contribution in [3.8, 4) is 0 Å². The minimum atomic E-state index is -0.436. The molecule has 27 heavy (non-hydrogen) atoms. The van der Waals surface area contributed by atoms with Gasteiger partial charge in [0.2, 0.25) is 0 Å². The molecular formula is C20H18ClN3O3. The Hall–Kier alpha value is -3.12. The maximum absolute atomic E-state index is 12.7. The van der Waals surface area contributed by atoms with Gasteiger partial charge in [-0.15, -0.1) is 0 Å². The average Bonchev–Trinajstić information content (AvgIpc) is 2.95. The normalized spacial score (nSPS) is 10.5. The smallest absolute Gasteiger partial charge is 0.337 e. The minimum Gasteiger partial charge on any atom is -0.465 e. The number of aryl methyl sites for hydroxylation is 1. The zero-order valence-electron chi connectivity index (χ0n) is 14.9. The molecular weight excluding hydrogens is 366 g/mol. The van der Waals surface area contributed by atoms with E-state index < -0.39 is 5.97 Å². The number of amides is 1. The largest absolute Gasteiger partial charge is 0.465 e. The van der Waals surface area contributed by atoms with Crippen molar-refractivity contribution in [2.45, 2.75) is 13.5 Å². The summed E-state index contributed by atoms with van der Waals surface area (Å²) in [5.74, 6) is -0.795. The fourth-order valence-corrected chi connectivity index (χ4v) is 2.99. The van der Waals surface area contributed by atoms with Gasteiger partial charge in [0, 0.05) is 5.69 Å². The molecule has 1 N–H and O–H groups in total. The molecule has 0 fully saturated rings. The number of ether oxygens (including phenoxy) is 1. The van der Waals surface area contributed by atoms with Gasteiger partial charge in [-0.3, -0.25) is 4.79 Å². The third-order valence-electron chi connectivity index (χ3n) is 4.03. The first-order chi connectivity index (χ1) is 13.0. The molecule has 1 heterocycles. The number of anilines is 1. The zero-order valence-corrected chi connectivity index (χ0v) is 15.7. The SMILES string of the molecule is COC(=O)c1ccc(NC(=O)c2c(C)nn(Cc3ccccc3)c2Cl)cc1. The Balaban J connectivity index is 1.78. The molecule has 0 bridgehead atoms. The number of carbonyl (C=O) groups excluding carboxylic acids is 2. The average molecular weight is 384 g/mol. The monoisotopic (exact) mass is 383 g/mol. The second kappa shape index (κ2) is 8.05. The molecule has 0 saturated heterocycles. The highest BCUT2D eigenvalue weighted by molar-refractivity contribution is 6.33. The number of methoxy groups -OCH3 is 1. The third-order valence-corrected chi connectivity index (χ3v) is 4.42. The molecule has 1 aromatic heterocycles. The third kappa shape index (κ3) is 4.17. The Morgan fingerprint density at radius 1 is 1.11 bits per heavy atom. The van der Waals surface area contributed by atoms with Crippen molar-refractivity contribution in [3.05, 3.63) is 82.1 Å². The van der Waals surface area contributed by atoms with Gasteiger partial charge in [0.25, 0.3) is 5.91 Å². The fourth-order valence-electron chi connectivity index (χ4n) is 2.67. The maximum Gasteiger partial charge on any atom is 0.337 e. The zero-order chi connectivity index (χ0) is 19.4. The van der Waals surface area contributed by atoms with Crippen LogP contribution < -0.4 is 5.32 Å². The molecule has 138 valence electrons. The van der Waals surface area contributed by atoms with Crippen LogP contribution in [0.2, 0.25) is 5.15 Å². The molecule has 0 aliphatic heterocycles. The number of nitrogens with zero attached hydrogens (tertiary/aromatic N) is 2. The Bertz CT molecular complexity index is 966. The van der Waals surface area contributed by atoms with Gasteiger partial charge in [-0.1, -0.05) is 41.9 Å². The Morgan fingerprint density at radius 3 is 2.41 bits per heavy atom. The highest BCUT2D eigenvalue weighted by atomic mass is 35.5. The molecule has 7 heteroatoms. The molecule has 0 radical (unpaired) electrons. The van der Waals surface area contributed by atoms with E-state index in [1.165, 1.54) is 7.11 Å². The van der Waals surface area contributed by atoms with E-state index in [4.69, 9.17) is 11.6 Å². The van der Waals surface area contributed by atoms with Crippen LogP contribution in [0.4, 0.5) is 5.69 Å². The topological polar surface area (TPSA) is 73.2 Å². The van der Waals surface area contributed by atoms with Crippen molar-refractivity contribution in [1.29, 1.82) is 0 Å². The Labute approximate surface area is 161 Å². The summed E-state index contributed by atoms with van der Waals surface area (Å²) in [4.78, 5) is 24.1. The summed E-state index contributed by atoms with van der Waals surface area (Å²) in [5.41, 5.74) is 2.84. The highest BCUT2D eigenvalue weighted by Crippen LogP contribution is 2.22. The van der Waals surface area contributed by atoms with Crippen molar-refractivity contribution in [2.75, 3.05) is 12.4 Å². The molecule has 0 aliphatic carbocycles. The van der Waals surface area contributed by atoms with E-state index in [-0.39, 0.29) is 11.1 Å². The van der Waals surface area contributed by atoms with Gasteiger partial charge < -0.3 is 10.1 Å². The van der Waals surface area contributed by atoms with E-state index in [1.807, 2.05) is 30.3 Å². The first kappa shape index (κ1) is 18.7. The van der Waals surface area contributed by atoms with Crippen LogP contribution in [0.1, 0.15) is 32.0 Å². The fraction of sp³-hybridized carbons (Fsp3) is 0.150. The lowest BCUT2D eigenvalue weighted by atomic mass is 10.2. The van der Waals surface area contributed by atoms with Crippen molar-refractivity contribution >= 4 is 29.2 Å². The lowest BCUT2D eigenvalue weighted by molar-refractivity contribution is 0.0600. The van der Waals surface area contributed by atoms with E-state index in [9.17, 15) is 9.59 Å². The van der Waals surface area contributed by atoms with Gasteiger partial charge in [0.05, 0.1) is 30.5 Å². The molecule has 0 aliphatic rings. The molecule has 0 saturated carbocycles. The van der Waals surface area contributed by atoms with Gasteiger partial charge >= 0.3 is 5.97 Å². The van der Waals surface area contributed by atoms with Crippen LogP contribution in [0.3, 0.4) is 0 Å². The lowest BCUT2D eigenvalue weighted by Gasteiger charge is -2.07.